The summed E-state index contributed by atoms with van der Waals surface area (Å²) in [6, 6.07) is 6.07. The molecule has 0 radical (unpaired) electrons. The van der Waals surface area contributed by atoms with Gasteiger partial charge in [0.2, 0.25) is 0 Å². The van der Waals surface area contributed by atoms with Crippen molar-refractivity contribution >= 4 is 54.1 Å². The molecule has 70 heavy (non-hydrogen) atoms. The van der Waals surface area contributed by atoms with Crippen LogP contribution in [0.4, 0.5) is 0 Å². The van der Waals surface area contributed by atoms with E-state index in [9.17, 15) is 36.0 Å². The maximum absolute atomic E-state index is 13.6. The number of benzene rings is 2. The molecule has 6 heterocycles. The summed E-state index contributed by atoms with van der Waals surface area (Å²) in [6.07, 6.45) is 3.65. The molecule has 0 unspecified atom stereocenters. The average Bonchev–Trinajstić information content (AvgIpc) is 4.00. The molecule has 2 saturated heterocycles. The van der Waals surface area contributed by atoms with Crippen molar-refractivity contribution in [3.8, 4) is 0 Å². The molecular formula is C44H58N10O14S2. The first-order valence-corrected chi connectivity index (χ1v) is 26.9. The SMILES string of the molecule is O=C1c2ccc3c4c(ccc(c24)C(=O)N1CCOCCOCCOCCn1cc(CN2CCS(=O)(=O)CC2)nn1)C(=O)N(CCOCCOCCOCCn1cc(CN2CCS(=O)(=O)CC2)nn1)C3=O. The Morgan fingerprint density at radius 1 is 0.414 bits per heavy atom. The number of imide groups is 2. The summed E-state index contributed by atoms with van der Waals surface area (Å²) in [7, 11) is -5.87. The monoisotopic (exact) mass is 1010 g/mol. The van der Waals surface area contributed by atoms with Crippen LogP contribution in [0.1, 0.15) is 52.8 Å². The van der Waals surface area contributed by atoms with E-state index in [2.05, 4.69) is 20.6 Å². The summed E-state index contributed by atoms with van der Waals surface area (Å²) in [6.45, 7) is 7.36. The molecule has 4 aromatic rings. The highest BCUT2D eigenvalue weighted by atomic mass is 32.2. The lowest BCUT2D eigenvalue weighted by Gasteiger charge is -2.31. The summed E-state index contributed by atoms with van der Waals surface area (Å²) in [5.41, 5.74) is 2.42. The van der Waals surface area contributed by atoms with Crippen LogP contribution in [0, 0.1) is 0 Å². The van der Waals surface area contributed by atoms with Crippen molar-refractivity contribution in [2.75, 3.05) is 142 Å². The predicted octanol–water partition coefficient (Wildman–Crippen LogP) is -0.824. The van der Waals surface area contributed by atoms with E-state index in [1.807, 2.05) is 22.2 Å². The van der Waals surface area contributed by atoms with E-state index < -0.39 is 43.3 Å². The van der Waals surface area contributed by atoms with Crippen LogP contribution in [0.3, 0.4) is 0 Å². The van der Waals surface area contributed by atoms with Crippen LogP contribution in [0.25, 0.3) is 10.8 Å². The summed E-state index contributed by atoms with van der Waals surface area (Å²) >= 11 is 0. The van der Waals surface area contributed by atoms with Crippen LogP contribution in [0.2, 0.25) is 0 Å². The fourth-order valence-electron chi connectivity index (χ4n) is 8.41. The molecule has 0 bridgehead atoms. The lowest BCUT2D eigenvalue weighted by molar-refractivity contribution is 0.00909. The highest BCUT2D eigenvalue weighted by molar-refractivity contribution is 7.91. The summed E-state index contributed by atoms with van der Waals surface area (Å²) in [5.74, 6) is -1.53. The van der Waals surface area contributed by atoms with Gasteiger partial charge in [-0.25, -0.2) is 26.2 Å². The molecule has 0 N–H and O–H groups in total. The maximum atomic E-state index is 13.6. The van der Waals surface area contributed by atoms with E-state index in [1.54, 1.807) is 9.36 Å². The lowest BCUT2D eigenvalue weighted by atomic mass is 9.86. The number of sulfone groups is 2. The molecule has 4 aliphatic rings. The van der Waals surface area contributed by atoms with Gasteiger partial charge in [0.05, 0.1) is 140 Å². The van der Waals surface area contributed by atoms with Crippen molar-refractivity contribution < 1.29 is 64.4 Å². The van der Waals surface area contributed by atoms with E-state index >= 15 is 0 Å². The molecule has 2 aromatic carbocycles. The molecule has 0 saturated carbocycles. The maximum Gasteiger partial charge on any atom is 0.261 e. The number of nitrogens with zero attached hydrogens (tertiary/aromatic N) is 10. The first-order valence-electron chi connectivity index (χ1n) is 23.3. The molecule has 24 nitrogen and oxygen atoms in total. The van der Waals surface area contributed by atoms with Crippen molar-refractivity contribution in [2.45, 2.75) is 26.2 Å². The Morgan fingerprint density at radius 3 is 1.01 bits per heavy atom. The quantitative estimate of drug-likeness (QED) is 0.0497. The van der Waals surface area contributed by atoms with Gasteiger partial charge in [0, 0.05) is 84.7 Å². The van der Waals surface area contributed by atoms with Gasteiger partial charge in [0.25, 0.3) is 23.6 Å². The zero-order valence-corrected chi connectivity index (χ0v) is 40.5. The van der Waals surface area contributed by atoms with Crippen LogP contribution >= 0.6 is 0 Å². The fourth-order valence-corrected chi connectivity index (χ4v) is 11.0. The number of hydrogen-bond donors (Lipinski definition) is 0. The summed E-state index contributed by atoms with van der Waals surface area (Å²) in [4.78, 5) is 60.9. The molecular weight excluding hydrogens is 957 g/mol. The molecule has 0 aliphatic carbocycles. The number of ether oxygens (including phenoxy) is 6. The molecule has 4 amide bonds. The zero-order chi connectivity index (χ0) is 49.1. The van der Waals surface area contributed by atoms with Gasteiger partial charge in [0.1, 0.15) is 0 Å². The zero-order valence-electron chi connectivity index (χ0n) is 38.9. The Bertz CT molecular complexity index is 2450. The molecule has 4 aliphatic heterocycles. The van der Waals surface area contributed by atoms with Gasteiger partial charge in [-0.2, -0.15) is 0 Å². The smallest absolute Gasteiger partial charge is 0.261 e. The van der Waals surface area contributed by atoms with Crippen LogP contribution < -0.4 is 0 Å². The third kappa shape index (κ3) is 13.2. The van der Waals surface area contributed by atoms with Gasteiger partial charge in [-0.15, -0.1) is 10.2 Å². The molecule has 2 aromatic heterocycles. The molecule has 380 valence electrons. The second kappa shape index (κ2) is 23.8. The Kier molecular flexibility index (Phi) is 17.4. The third-order valence-corrected chi connectivity index (χ3v) is 15.4. The second-order valence-corrected chi connectivity index (χ2v) is 21.7. The average molecular weight is 1020 g/mol. The first kappa shape index (κ1) is 51.2. The van der Waals surface area contributed by atoms with E-state index in [4.69, 9.17) is 28.4 Å². The largest absolute Gasteiger partial charge is 0.377 e. The van der Waals surface area contributed by atoms with Crippen LogP contribution in [0.5, 0.6) is 0 Å². The van der Waals surface area contributed by atoms with Crippen molar-refractivity contribution in [1.29, 1.82) is 0 Å². The molecule has 0 atom stereocenters. The van der Waals surface area contributed by atoms with E-state index in [-0.39, 0.29) is 109 Å². The van der Waals surface area contributed by atoms with E-state index in [0.29, 0.717) is 92.0 Å². The van der Waals surface area contributed by atoms with Gasteiger partial charge < -0.3 is 28.4 Å². The van der Waals surface area contributed by atoms with Crippen molar-refractivity contribution in [2.24, 2.45) is 0 Å². The highest BCUT2D eigenvalue weighted by Gasteiger charge is 2.39. The number of rotatable bonds is 28. The Labute approximate surface area is 404 Å². The lowest BCUT2D eigenvalue weighted by Crippen LogP contribution is -2.45. The number of amides is 4. The summed E-state index contributed by atoms with van der Waals surface area (Å²) in [5, 5.41) is 17.1. The first-order chi connectivity index (χ1) is 33.9. The van der Waals surface area contributed by atoms with Crippen LogP contribution in [-0.2, 0) is 74.3 Å². The van der Waals surface area contributed by atoms with Crippen LogP contribution in [-0.4, -0.2) is 232 Å². The number of carbonyl (C=O) groups is 4. The molecule has 26 heteroatoms. The number of aromatic nitrogens is 6. The van der Waals surface area contributed by atoms with E-state index in [1.165, 1.54) is 24.3 Å². The van der Waals surface area contributed by atoms with Crippen LogP contribution in [0.15, 0.2) is 36.7 Å². The molecule has 0 spiro atoms. The standard InChI is InChI=1S/C44H58N10O14S2/c55-41-35-1-2-36-40-38(44(58)54(42(36)56)8-16-66-20-24-68-22-18-64-14-6-52-32-34(46-48-52)30-50-11-27-70(61,62)28-12-50)4-3-37(39(35)40)43(57)53(41)7-15-65-19-23-67-21-17-63-13-5-51-31-33(45-47-51)29-49-9-25-69(59,60)26-10-49/h1-4,31-32H,5-30H2. The van der Waals surface area contributed by atoms with Gasteiger partial charge in [-0.1, -0.05) is 10.4 Å². The Hall–Kier alpha value is -5.16. The van der Waals surface area contributed by atoms with Gasteiger partial charge in [-0.3, -0.25) is 38.8 Å². The summed E-state index contributed by atoms with van der Waals surface area (Å²) < 4.78 is 83.7. The van der Waals surface area contributed by atoms with Gasteiger partial charge in [0.15, 0.2) is 19.7 Å². The van der Waals surface area contributed by atoms with Crippen molar-refractivity contribution in [3.05, 3.63) is 70.3 Å². The predicted molar refractivity (Wildman–Crippen MR) is 248 cm³/mol. The van der Waals surface area contributed by atoms with Gasteiger partial charge >= 0.3 is 0 Å². The van der Waals surface area contributed by atoms with E-state index in [0.717, 1.165) is 21.2 Å². The Balaban J connectivity index is 0.673. The molecule has 8 rings (SSSR count). The fraction of sp³-hybridized carbons (Fsp3) is 0.591. The van der Waals surface area contributed by atoms with Gasteiger partial charge in [-0.05, 0) is 24.3 Å². The normalized spacial score (nSPS) is 18.2. The molecule has 2 fully saturated rings. The Morgan fingerprint density at radius 2 is 0.700 bits per heavy atom. The number of carbonyl (C=O) groups excluding carboxylic acids is 4. The minimum Gasteiger partial charge on any atom is -0.377 e. The third-order valence-electron chi connectivity index (χ3n) is 12.2. The number of hydrogen-bond acceptors (Lipinski definition) is 20. The van der Waals surface area contributed by atoms with Crippen molar-refractivity contribution in [1.82, 2.24) is 49.6 Å². The minimum atomic E-state index is -2.94. The van der Waals surface area contributed by atoms with Crippen molar-refractivity contribution in [3.63, 3.8) is 0 Å². The topological polar surface area (TPSA) is 266 Å². The minimum absolute atomic E-state index is 0.00805. The second-order valence-electron chi connectivity index (χ2n) is 17.1. The highest BCUT2D eigenvalue weighted by Crippen LogP contribution is 2.37.